The van der Waals surface area contributed by atoms with E-state index in [1.54, 1.807) is 0 Å². The maximum Gasteiger partial charge on any atom is 0.322 e. The summed E-state index contributed by atoms with van der Waals surface area (Å²) in [4.78, 5) is 11.4. The molecule has 0 spiro atoms. The van der Waals surface area contributed by atoms with Crippen molar-refractivity contribution in [3.63, 3.8) is 0 Å². The lowest BCUT2D eigenvalue weighted by Crippen LogP contribution is -2.33. The van der Waals surface area contributed by atoms with Crippen molar-refractivity contribution in [2.24, 2.45) is 11.7 Å². The summed E-state index contributed by atoms with van der Waals surface area (Å²) in [6, 6.07) is -0.449. The Morgan fingerprint density at radius 3 is 2.80 bits per heavy atom. The highest BCUT2D eigenvalue weighted by Gasteiger charge is 2.18. The molecule has 0 aromatic rings. The normalized spacial score (nSPS) is 19.9. The van der Waals surface area contributed by atoms with Crippen molar-refractivity contribution in [2.45, 2.75) is 38.6 Å². The lowest BCUT2D eigenvalue weighted by Gasteiger charge is -2.22. The van der Waals surface area contributed by atoms with Gasteiger partial charge in [-0.05, 0) is 25.2 Å². The fraction of sp³-hybridized carbons (Fsp3) is 0.909. The van der Waals surface area contributed by atoms with Crippen LogP contribution in [0.3, 0.4) is 0 Å². The van der Waals surface area contributed by atoms with Crippen molar-refractivity contribution >= 4 is 5.97 Å². The van der Waals surface area contributed by atoms with E-state index in [1.807, 2.05) is 6.92 Å². The Labute approximate surface area is 91.1 Å². The van der Waals surface area contributed by atoms with Crippen LogP contribution in [0.4, 0.5) is 0 Å². The highest BCUT2D eigenvalue weighted by atomic mass is 16.5. The first-order valence-electron chi connectivity index (χ1n) is 5.74. The van der Waals surface area contributed by atoms with Gasteiger partial charge in [-0.25, -0.2) is 0 Å². The average Bonchev–Trinajstić information content (AvgIpc) is 2.27. The summed E-state index contributed by atoms with van der Waals surface area (Å²) in [5.41, 5.74) is 5.64. The molecule has 15 heavy (non-hydrogen) atoms. The third-order valence-corrected chi connectivity index (χ3v) is 2.70. The van der Waals surface area contributed by atoms with Gasteiger partial charge in [0, 0.05) is 13.2 Å². The first-order valence-corrected chi connectivity index (χ1v) is 5.74. The molecule has 0 aromatic carbocycles. The molecule has 0 saturated carbocycles. The van der Waals surface area contributed by atoms with Crippen LogP contribution < -0.4 is 5.73 Å². The SMILES string of the molecule is CCC[C@@H](N)C(=O)OCC1CCOCC1. The summed E-state index contributed by atoms with van der Waals surface area (Å²) < 4.78 is 10.4. The Morgan fingerprint density at radius 1 is 1.53 bits per heavy atom. The van der Waals surface area contributed by atoms with Gasteiger partial charge in [0.05, 0.1) is 6.61 Å². The molecule has 0 aliphatic carbocycles. The van der Waals surface area contributed by atoms with Crippen LogP contribution in [0.1, 0.15) is 32.6 Å². The minimum absolute atomic E-state index is 0.261. The van der Waals surface area contributed by atoms with E-state index in [2.05, 4.69) is 0 Å². The summed E-state index contributed by atoms with van der Waals surface area (Å²) in [5.74, 6) is 0.194. The van der Waals surface area contributed by atoms with Gasteiger partial charge in [-0.1, -0.05) is 13.3 Å². The van der Waals surface area contributed by atoms with E-state index in [-0.39, 0.29) is 5.97 Å². The number of carbonyl (C=O) groups is 1. The van der Waals surface area contributed by atoms with Gasteiger partial charge in [-0.3, -0.25) is 4.79 Å². The van der Waals surface area contributed by atoms with Gasteiger partial charge in [0.15, 0.2) is 0 Å². The van der Waals surface area contributed by atoms with Crippen molar-refractivity contribution in [1.82, 2.24) is 0 Å². The fourth-order valence-corrected chi connectivity index (χ4v) is 1.65. The predicted molar refractivity (Wildman–Crippen MR) is 57.4 cm³/mol. The van der Waals surface area contributed by atoms with Gasteiger partial charge >= 0.3 is 5.97 Å². The van der Waals surface area contributed by atoms with Gasteiger partial charge in [0.2, 0.25) is 0 Å². The minimum Gasteiger partial charge on any atom is -0.464 e. The Balaban J connectivity index is 2.14. The molecule has 4 nitrogen and oxygen atoms in total. The zero-order chi connectivity index (χ0) is 11.1. The van der Waals surface area contributed by atoms with Crippen LogP contribution in [0, 0.1) is 5.92 Å². The van der Waals surface area contributed by atoms with E-state index in [0.29, 0.717) is 18.9 Å². The molecule has 4 heteroatoms. The molecule has 1 aliphatic rings. The van der Waals surface area contributed by atoms with Crippen LogP contribution in [0.25, 0.3) is 0 Å². The molecule has 0 amide bonds. The van der Waals surface area contributed by atoms with E-state index in [1.165, 1.54) is 0 Å². The van der Waals surface area contributed by atoms with Crippen LogP contribution in [-0.2, 0) is 14.3 Å². The molecule has 1 aliphatic heterocycles. The van der Waals surface area contributed by atoms with E-state index >= 15 is 0 Å². The summed E-state index contributed by atoms with van der Waals surface area (Å²) >= 11 is 0. The monoisotopic (exact) mass is 215 g/mol. The molecule has 0 aromatic heterocycles. The summed E-state index contributed by atoms with van der Waals surface area (Å²) in [6.45, 7) is 4.07. The van der Waals surface area contributed by atoms with Gasteiger partial charge in [0.25, 0.3) is 0 Å². The van der Waals surface area contributed by atoms with Crippen molar-refractivity contribution in [2.75, 3.05) is 19.8 Å². The summed E-state index contributed by atoms with van der Waals surface area (Å²) in [6.07, 6.45) is 3.58. The quantitative estimate of drug-likeness (QED) is 0.697. The van der Waals surface area contributed by atoms with E-state index in [0.717, 1.165) is 32.5 Å². The molecule has 2 N–H and O–H groups in total. The number of carbonyl (C=O) groups excluding carboxylic acids is 1. The second kappa shape index (κ2) is 6.80. The van der Waals surface area contributed by atoms with E-state index < -0.39 is 6.04 Å². The van der Waals surface area contributed by atoms with Gasteiger partial charge < -0.3 is 15.2 Å². The maximum absolute atomic E-state index is 11.4. The second-order valence-electron chi connectivity index (χ2n) is 4.08. The zero-order valence-corrected chi connectivity index (χ0v) is 9.41. The number of hydrogen-bond acceptors (Lipinski definition) is 4. The van der Waals surface area contributed by atoms with Crippen molar-refractivity contribution in [3.05, 3.63) is 0 Å². The Bertz CT molecular complexity index is 190. The second-order valence-corrected chi connectivity index (χ2v) is 4.08. The molecular weight excluding hydrogens is 194 g/mol. The standard InChI is InChI=1S/C11H21NO3/c1-2-3-10(12)11(13)15-8-9-4-6-14-7-5-9/h9-10H,2-8,12H2,1H3/t10-/m1/s1. The number of rotatable bonds is 5. The van der Waals surface area contributed by atoms with Gasteiger partial charge in [-0.2, -0.15) is 0 Å². The largest absolute Gasteiger partial charge is 0.464 e. The Hall–Kier alpha value is -0.610. The number of ether oxygens (including phenoxy) is 2. The highest BCUT2D eigenvalue weighted by Crippen LogP contribution is 2.15. The number of esters is 1. The molecule has 0 radical (unpaired) electrons. The summed E-state index contributed by atoms with van der Waals surface area (Å²) in [5, 5.41) is 0. The van der Waals surface area contributed by atoms with Crippen LogP contribution in [0.15, 0.2) is 0 Å². The maximum atomic E-state index is 11.4. The van der Waals surface area contributed by atoms with E-state index in [4.69, 9.17) is 15.2 Å². The first-order chi connectivity index (χ1) is 7.24. The highest BCUT2D eigenvalue weighted by molar-refractivity contribution is 5.75. The third-order valence-electron chi connectivity index (χ3n) is 2.70. The van der Waals surface area contributed by atoms with Crippen molar-refractivity contribution in [1.29, 1.82) is 0 Å². The zero-order valence-electron chi connectivity index (χ0n) is 9.41. The molecule has 1 atom stereocenters. The van der Waals surface area contributed by atoms with Gasteiger partial charge in [-0.15, -0.1) is 0 Å². The fourth-order valence-electron chi connectivity index (χ4n) is 1.65. The first kappa shape index (κ1) is 12.5. The smallest absolute Gasteiger partial charge is 0.322 e. The molecule has 0 bridgehead atoms. The number of hydrogen-bond donors (Lipinski definition) is 1. The predicted octanol–water partition coefficient (Wildman–Crippen LogP) is 1.08. The minimum atomic E-state index is -0.449. The molecule has 1 rings (SSSR count). The lowest BCUT2D eigenvalue weighted by molar-refractivity contribution is -0.147. The van der Waals surface area contributed by atoms with Crippen molar-refractivity contribution in [3.8, 4) is 0 Å². The molecule has 1 fully saturated rings. The molecule has 88 valence electrons. The molecule has 0 unspecified atom stereocenters. The summed E-state index contributed by atoms with van der Waals surface area (Å²) in [7, 11) is 0. The van der Waals surface area contributed by atoms with Crippen LogP contribution in [0.5, 0.6) is 0 Å². The number of nitrogens with two attached hydrogens (primary N) is 1. The van der Waals surface area contributed by atoms with Gasteiger partial charge in [0.1, 0.15) is 6.04 Å². The lowest BCUT2D eigenvalue weighted by atomic mass is 10.0. The molecular formula is C11H21NO3. The Morgan fingerprint density at radius 2 is 2.20 bits per heavy atom. The molecule has 1 saturated heterocycles. The van der Waals surface area contributed by atoms with Crippen LogP contribution in [-0.4, -0.2) is 31.8 Å². The van der Waals surface area contributed by atoms with Crippen molar-refractivity contribution < 1.29 is 14.3 Å². The molecule has 1 heterocycles. The van der Waals surface area contributed by atoms with E-state index in [9.17, 15) is 4.79 Å². The topological polar surface area (TPSA) is 61.6 Å². The average molecular weight is 215 g/mol. The third kappa shape index (κ3) is 4.62. The Kier molecular flexibility index (Phi) is 5.65. The van der Waals surface area contributed by atoms with Crippen LogP contribution >= 0.6 is 0 Å². The van der Waals surface area contributed by atoms with Crippen LogP contribution in [0.2, 0.25) is 0 Å².